The summed E-state index contributed by atoms with van der Waals surface area (Å²) in [6.45, 7) is 3.83. The summed E-state index contributed by atoms with van der Waals surface area (Å²) < 4.78 is 0. The minimum absolute atomic E-state index is 0.000843. The average Bonchev–Trinajstić information content (AvgIpc) is 2.27. The Labute approximate surface area is 105 Å². The molecule has 0 aliphatic heterocycles. The van der Waals surface area contributed by atoms with Crippen LogP contribution in [0.5, 0.6) is 0 Å². The first kappa shape index (κ1) is 14.1. The highest BCUT2D eigenvalue weighted by molar-refractivity contribution is 5.69. The lowest BCUT2D eigenvalue weighted by Gasteiger charge is -2.24. The van der Waals surface area contributed by atoms with Crippen molar-refractivity contribution in [2.75, 3.05) is 6.54 Å². The Balaban J connectivity index is 2.93. The number of carboxylic acid groups (broad SMARTS) is 1. The van der Waals surface area contributed by atoms with E-state index in [0.717, 1.165) is 0 Å². The summed E-state index contributed by atoms with van der Waals surface area (Å²) in [5.74, 6) is -0.942. The quantitative estimate of drug-likeness (QED) is 0.617. The number of hydrogen-bond donors (Lipinski definition) is 1. The van der Waals surface area contributed by atoms with Crippen LogP contribution in [0.3, 0.4) is 0 Å². The second kappa shape index (κ2) is 6.11. The molecule has 0 aromatic heterocycles. The fourth-order valence-corrected chi connectivity index (χ4v) is 1.64. The van der Waals surface area contributed by atoms with E-state index in [-0.39, 0.29) is 24.8 Å². The summed E-state index contributed by atoms with van der Waals surface area (Å²) in [5.41, 5.74) is 0.547. The van der Waals surface area contributed by atoms with E-state index >= 15 is 0 Å². The Hall–Kier alpha value is -1.95. The third-order valence-electron chi connectivity index (χ3n) is 2.63. The molecule has 1 aromatic rings. The Bertz CT molecular complexity index is 445. The monoisotopic (exact) mass is 252 g/mol. The van der Waals surface area contributed by atoms with Crippen LogP contribution in [0.1, 0.15) is 19.4 Å². The number of hydrogen-bond acceptors (Lipinski definition) is 4. The van der Waals surface area contributed by atoms with Crippen LogP contribution in [-0.4, -0.2) is 33.5 Å². The SMILES string of the molecule is CC(C)N(CC(=O)O)Cc1ccccc1[N+](=O)[O-]. The lowest BCUT2D eigenvalue weighted by Crippen LogP contribution is -2.35. The lowest BCUT2D eigenvalue weighted by molar-refractivity contribution is -0.385. The molecule has 0 bridgehead atoms. The van der Waals surface area contributed by atoms with Crippen LogP contribution in [0, 0.1) is 10.1 Å². The van der Waals surface area contributed by atoms with Gasteiger partial charge in [0.2, 0.25) is 0 Å². The number of nitrogens with zero attached hydrogens (tertiary/aromatic N) is 2. The van der Waals surface area contributed by atoms with Gasteiger partial charge in [-0.15, -0.1) is 0 Å². The second-order valence-electron chi connectivity index (χ2n) is 4.28. The van der Waals surface area contributed by atoms with Crippen LogP contribution >= 0.6 is 0 Å². The Morgan fingerprint density at radius 3 is 2.56 bits per heavy atom. The molecule has 6 heteroatoms. The maximum atomic E-state index is 10.9. The molecule has 0 amide bonds. The molecule has 0 heterocycles. The van der Waals surface area contributed by atoms with E-state index < -0.39 is 10.9 Å². The van der Waals surface area contributed by atoms with E-state index in [1.807, 2.05) is 13.8 Å². The summed E-state index contributed by atoms with van der Waals surface area (Å²) in [6.07, 6.45) is 0. The zero-order valence-electron chi connectivity index (χ0n) is 10.4. The molecule has 1 aromatic carbocycles. The Morgan fingerprint density at radius 2 is 2.06 bits per heavy atom. The molecular formula is C12H16N2O4. The lowest BCUT2D eigenvalue weighted by atomic mass is 10.1. The molecule has 0 atom stereocenters. The number of carboxylic acids is 1. The standard InChI is InChI=1S/C12H16N2O4/c1-9(2)13(8-12(15)16)7-10-5-3-4-6-11(10)14(17)18/h3-6,9H,7-8H2,1-2H3,(H,15,16). The third kappa shape index (κ3) is 3.81. The number of rotatable bonds is 6. The first-order valence-electron chi connectivity index (χ1n) is 5.60. The highest BCUT2D eigenvalue weighted by Gasteiger charge is 2.19. The van der Waals surface area contributed by atoms with E-state index in [2.05, 4.69) is 0 Å². The predicted octanol–water partition coefficient (Wildman–Crippen LogP) is 1.89. The van der Waals surface area contributed by atoms with E-state index in [9.17, 15) is 14.9 Å². The van der Waals surface area contributed by atoms with Crippen molar-refractivity contribution in [1.82, 2.24) is 4.90 Å². The minimum Gasteiger partial charge on any atom is -0.480 e. The molecule has 0 unspecified atom stereocenters. The van der Waals surface area contributed by atoms with Crippen molar-refractivity contribution in [3.63, 3.8) is 0 Å². The van der Waals surface area contributed by atoms with Crippen LogP contribution in [0.2, 0.25) is 0 Å². The highest BCUT2D eigenvalue weighted by Crippen LogP contribution is 2.20. The highest BCUT2D eigenvalue weighted by atomic mass is 16.6. The molecule has 0 aliphatic carbocycles. The fraction of sp³-hybridized carbons (Fsp3) is 0.417. The smallest absolute Gasteiger partial charge is 0.317 e. The number of nitro benzene ring substituents is 1. The largest absolute Gasteiger partial charge is 0.480 e. The van der Waals surface area contributed by atoms with E-state index in [1.54, 1.807) is 23.1 Å². The third-order valence-corrected chi connectivity index (χ3v) is 2.63. The molecule has 1 rings (SSSR count). The van der Waals surface area contributed by atoms with Gasteiger partial charge in [-0.25, -0.2) is 0 Å². The van der Waals surface area contributed by atoms with Crippen LogP contribution in [0.15, 0.2) is 24.3 Å². The maximum absolute atomic E-state index is 10.9. The zero-order chi connectivity index (χ0) is 13.7. The summed E-state index contributed by atoms with van der Waals surface area (Å²) >= 11 is 0. The first-order chi connectivity index (χ1) is 8.41. The molecule has 98 valence electrons. The molecule has 1 N–H and O–H groups in total. The minimum atomic E-state index is -0.942. The maximum Gasteiger partial charge on any atom is 0.317 e. The number of carbonyl (C=O) groups is 1. The van der Waals surface area contributed by atoms with Crippen molar-refractivity contribution >= 4 is 11.7 Å². The Morgan fingerprint density at radius 1 is 1.44 bits per heavy atom. The summed E-state index contributed by atoms with van der Waals surface area (Å²) in [7, 11) is 0. The van der Waals surface area contributed by atoms with Gasteiger partial charge >= 0.3 is 5.97 Å². The molecule has 0 saturated carbocycles. The number of aliphatic carboxylic acids is 1. The number of para-hydroxylation sites is 1. The van der Waals surface area contributed by atoms with E-state index in [4.69, 9.17) is 5.11 Å². The van der Waals surface area contributed by atoms with Gasteiger partial charge in [-0.3, -0.25) is 19.8 Å². The van der Waals surface area contributed by atoms with Crippen LogP contribution in [-0.2, 0) is 11.3 Å². The molecule has 0 fully saturated rings. The van der Waals surface area contributed by atoms with Crippen molar-refractivity contribution in [3.05, 3.63) is 39.9 Å². The molecule has 6 nitrogen and oxygen atoms in total. The summed E-state index contributed by atoms with van der Waals surface area (Å²) in [4.78, 5) is 22.8. The van der Waals surface area contributed by atoms with Crippen molar-refractivity contribution < 1.29 is 14.8 Å². The van der Waals surface area contributed by atoms with Gasteiger partial charge in [-0.05, 0) is 13.8 Å². The summed E-state index contributed by atoms with van der Waals surface area (Å²) in [5, 5.41) is 19.7. The first-order valence-corrected chi connectivity index (χ1v) is 5.60. The van der Waals surface area contributed by atoms with Gasteiger partial charge in [0, 0.05) is 24.2 Å². The van der Waals surface area contributed by atoms with Crippen molar-refractivity contribution in [2.24, 2.45) is 0 Å². The van der Waals surface area contributed by atoms with E-state index in [1.165, 1.54) is 6.07 Å². The number of benzene rings is 1. The Kier molecular flexibility index (Phi) is 4.79. The summed E-state index contributed by atoms with van der Waals surface area (Å²) in [6, 6.07) is 6.38. The molecule has 18 heavy (non-hydrogen) atoms. The molecule has 0 saturated heterocycles. The average molecular weight is 252 g/mol. The van der Waals surface area contributed by atoms with Crippen LogP contribution < -0.4 is 0 Å². The van der Waals surface area contributed by atoms with Crippen molar-refractivity contribution in [1.29, 1.82) is 0 Å². The molecule has 0 aliphatic rings. The van der Waals surface area contributed by atoms with Gasteiger partial charge in [0.1, 0.15) is 0 Å². The fourth-order valence-electron chi connectivity index (χ4n) is 1.64. The molecule has 0 spiro atoms. The van der Waals surface area contributed by atoms with Gasteiger partial charge in [-0.1, -0.05) is 18.2 Å². The van der Waals surface area contributed by atoms with Crippen LogP contribution in [0.25, 0.3) is 0 Å². The molecule has 0 radical (unpaired) electrons. The van der Waals surface area contributed by atoms with Crippen LogP contribution in [0.4, 0.5) is 5.69 Å². The number of nitro groups is 1. The van der Waals surface area contributed by atoms with Gasteiger partial charge in [0.15, 0.2) is 0 Å². The second-order valence-corrected chi connectivity index (χ2v) is 4.28. The van der Waals surface area contributed by atoms with Crippen molar-refractivity contribution in [2.45, 2.75) is 26.4 Å². The van der Waals surface area contributed by atoms with Crippen molar-refractivity contribution in [3.8, 4) is 0 Å². The topological polar surface area (TPSA) is 83.7 Å². The van der Waals surface area contributed by atoms with E-state index in [0.29, 0.717) is 5.56 Å². The molecular weight excluding hydrogens is 236 g/mol. The van der Waals surface area contributed by atoms with Gasteiger partial charge in [-0.2, -0.15) is 0 Å². The normalized spacial score (nSPS) is 10.9. The zero-order valence-corrected chi connectivity index (χ0v) is 10.4. The van der Waals surface area contributed by atoms with Gasteiger partial charge in [0.25, 0.3) is 5.69 Å². The van der Waals surface area contributed by atoms with Gasteiger partial charge < -0.3 is 5.11 Å². The predicted molar refractivity (Wildman–Crippen MR) is 66.3 cm³/mol. The van der Waals surface area contributed by atoms with Gasteiger partial charge in [0.05, 0.1) is 11.5 Å².